The van der Waals surface area contributed by atoms with Crippen LogP contribution < -0.4 is 4.74 Å². The Morgan fingerprint density at radius 3 is 2.92 bits per heavy atom. The lowest BCUT2D eigenvalue weighted by Crippen LogP contribution is -2.42. The van der Waals surface area contributed by atoms with E-state index >= 15 is 0 Å². The number of carbonyl (C=O) groups is 1. The predicted octanol–water partition coefficient (Wildman–Crippen LogP) is 2.13. The molecule has 2 aliphatic rings. The van der Waals surface area contributed by atoms with E-state index in [1.165, 1.54) is 20.0 Å². The summed E-state index contributed by atoms with van der Waals surface area (Å²) in [6.07, 6.45) is 6.74. The van der Waals surface area contributed by atoms with E-state index in [1.807, 2.05) is 15.6 Å². The molecule has 0 bridgehead atoms. The molecule has 0 radical (unpaired) electrons. The monoisotopic (exact) mass is 356 g/mol. The maximum Gasteiger partial charge on any atom is 0.260 e. The number of amides is 1. The summed E-state index contributed by atoms with van der Waals surface area (Å²) >= 11 is 0. The van der Waals surface area contributed by atoms with Crippen molar-refractivity contribution in [2.24, 2.45) is 5.92 Å². The SMILES string of the molecule is COc1ncccc1C(=O)N1Cc2ccnn2CCC1COCC1CC1. The second-order valence-electron chi connectivity index (χ2n) is 6.96. The van der Waals surface area contributed by atoms with Gasteiger partial charge in [0.1, 0.15) is 5.56 Å². The van der Waals surface area contributed by atoms with Crippen molar-refractivity contribution in [1.82, 2.24) is 19.7 Å². The lowest BCUT2D eigenvalue weighted by Gasteiger charge is -2.30. The number of pyridine rings is 1. The molecule has 138 valence electrons. The standard InChI is InChI=1S/C19H24N4O3/c1-25-18-17(3-2-8-20-18)19(24)22-11-15-6-9-21-23(15)10-7-16(22)13-26-12-14-4-5-14/h2-3,6,8-9,14,16H,4-5,7,10-13H2,1H3. The summed E-state index contributed by atoms with van der Waals surface area (Å²) in [5.41, 5.74) is 1.51. The van der Waals surface area contributed by atoms with E-state index in [4.69, 9.17) is 9.47 Å². The summed E-state index contributed by atoms with van der Waals surface area (Å²) in [4.78, 5) is 19.4. The first kappa shape index (κ1) is 17.0. The number of hydrogen-bond acceptors (Lipinski definition) is 5. The third-order valence-electron chi connectivity index (χ3n) is 5.07. The van der Waals surface area contributed by atoms with Crippen molar-refractivity contribution in [3.05, 3.63) is 41.9 Å². The molecule has 0 aromatic carbocycles. The Hall–Kier alpha value is -2.41. The Morgan fingerprint density at radius 1 is 1.23 bits per heavy atom. The summed E-state index contributed by atoms with van der Waals surface area (Å²) in [7, 11) is 1.53. The molecule has 3 heterocycles. The highest BCUT2D eigenvalue weighted by Crippen LogP contribution is 2.29. The maximum atomic E-state index is 13.3. The number of hydrogen-bond donors (Lipinski definition) is 0. The number of ether oxygens (including phenoxy) is 2. The highest BCUT2D eigenvalue weighted by molar-refractivity contribution is 5.96. The van der Waals surface area contributed by atoms with E-state index in [9.17, 15) is 4.79 Å². The van der Waals surface area contributed by atoms with E-state index in [0.29, 0.717) is 30.5 Å². The van der Waals surface area contributed by atoms with Crippen molar-refractivity contribution in [2.75, 3.05) is 20.3 Å². The van der Waals surface area contributed by atoms with Crippen molar-refractivity contribution in [1.29, 1.82) is 0 Å². The van der Waals surface area contributed by atoms with Gasteiger partial charge in [-0.05, 0) is 43.4 Å². The quantitative estimate of drug-likeness (QED) is 0.793. The third kappa shape index (κ3) is 3.58. The minimum absolute atomic E-state index is 0.00728. The fourth-order valence-corrected chi connectivity index (χ4v) is 3.36. The normalized spacial score (nSPS) is 19.7. The zero-order valence-electron chi connectivity index (χ0n) is 15.0. The topological polar surface area (TPSA) is 69.5 Å². The van der Waals surface area contributed by atoms with E-state index in [2.05, 4.69) is 10.1 Å². The molecule has 0 spiro atoms. The molecule has 1 aliphatic heterocycles. The highest BCUT2D eigenvalue weighted by Gasteiger charge is 2.31. The number of carbonyl (C=O) groups excluding carboxylic acids is 1. The van der Waals surface area contributed by atoms with Crippen LogP contribution >= 0.6 is 0 Å². The van der Waals surface area contributed by atoms with E-state index < -0.39 is 0 Å². The molecule has 2 aromatic heterocycles. The minimum atomic E-state index is -0.0791. The predicted molar refractivity (Wildman–Crippen MR) is 94.8 cm³/mol. The molecule has 1 aliphatic carbocycles. The van der Waals surface area contributed by atoms with Crippen LogP contribution in [-0.4, -0.2) is 51.9 Å². The molecule has 0 saturated heterocycles. The van der Waals surface area contributed by atoms with E-state index in [-0.39, 0.29) is 11.9 Å². The first-order chi connectivity index (χ1) is 12.8. The molecule has 1 saturated carbocycles. The fraction of sp³-hybridized carbons (Fsp3) is 0.526. The number of rotatable bonds is 6. The van der Waals surface area contributed by atoms with Gasteiger partial charge in [-0.3, -0.25) is 9.48 Å². The van der Waals surface area contributed by atoms with Crippen LogP contribution in [0, 0.1) is 5.92 Å². The van der Waals surface area contributed by atoms with E-state index in [0.717, 1.165) is 25.3 Å². The summed E-state index contributed by atoms with van der Waals surface area (Å²) in [6, 6.07) is 5.50. The van der Waals surface area contributed by atoms with Crippen LogP contribution in [-0.2, 0) is 17.8 Å². The molecule has 1 fully saturated rings. The Labute approximate surface area is 152 Å². The molecule has 4 rings (SSSR count). The molecule has 7 nitrogen and oxygen atoms in total. The maximum absolute atomic E-state index is 13.3. The summed E-state index contributed by atoms with van der Waals surface area (Å²) < 4.78 is 13.2. The number of nitrogens with zero attached hydrogens (tertiary/aromatic N) is 4. The van der Waals surface area contributed by atoms with Gasteiger partial charge in [0.05, 0.1) is 32.0 Å². The molecular formula is C19H24N4O3. The van der Waals surface area contributed by atoms with Gasteiger partial charge >= 0.3 is 0 Å². The van der Waals surface area contributed by atoms with Gasteiger partial charge in [-0.2, -0.15) is 5.10 Å². The van der Waals surface area contributed by atoms with Crippen LogP contribution in [0.3, 0.4) is 0 Å². The number of methoxy groups -OCH3 is 1. The molecular weight excluding hydrogens is 332 g/mol. The van der Waals surface area contributed by atoms with Crippen LogP contribution in [0.15, 0.2) is 30.6 Å². The van der Waals surface area contributed by atoms with Crippen LogP contribution in [0.2, 0.25) is 0 Å². The Bertz CT molecular complexity index is 772. The second kappa shape index (κ2) is 7.45. The fourth-order valence-electron chi connectivity index (χ4n) is 3.36. The largest absolute Gasteiger partial charge is 0.480 e. The average Bonchev–Trinajstić information content (AvgIpc) is 3.43. The summed E-state index contributed by atoms with van der Waals surface area (Å²) in [5.74, 6) is 0.983. The third-order valence-corrected chi connectivity index (χ3v) is 5.07. The lowest BCUT2D eigenvalue weighted by atomic mass is 10.1. The van der Waals surface area contributed by atoms with Gasteiger partial charge in [-0.15, -0.1) is 0 Å². The van der Waals surface area contributed by atoms with Crippen molar-refractivity contribution < 1.29 is 14.3 Å². The minimum Gasteiger partial charge on any atom is -0.480 e. The van der Waals surface area contributed by atoms with Crippen molar-refractivity contribution in [3.63, 3.8) is 0 Å². The van der Waals surface area contributed by atoms with Crippen molar-refractivity contribution in [3.8, 4) is 5.88 Å². The van der Waals surface area contributed by atoms with Gasteiger partial charge < -0.3 is 14.4 Å². The van der Waals surface area contributed by atoms with Gasteiger partial charge in [0.2, 0.25) is 5.88 Å². The number of aryl methyl sites for hydroxylation is 1. The first-order valence-corrected chi connectivity index (χ1v) is 9.14. The summed E-state index contributed by atoms with van der Waals surface area (Å²) in [6.45, 7) is 2.64. The first-order valence-electron chi connectivity index (χ1n) is 9.14. The Balaban J connectivity index is 1.57. The molecule has 7 heteroatoms. The van der Waals surface area contributed by atoms with Crippen LogP contribution in [0.5, 0.6) is 5.88 Å². The van der Waals surface area contributed by atoms with Crippen molar-refractivity contribution in [2.45, 2.75) is 38.4 Å². The Kier molecular flexibility index (Phi) is 4.88. The zero-order chi connectivity index (χ0) is 17.9. The van der Waals surface area contributed by atoms with Gasteiger partial charge in [0.15, 0.2) is 0 Å². The van der Waals surface area contributed by atoms with Crippen LogP contribution in [0.25, 0.3) is 0 Å². The van der Waals surface area contributed by atoms with Crippen molar-refractivity contribution >= 4 is 5.91 Å². The van der Waals surface area contributed by atoms with Gasteiger partial charge in [-0.1, -0.05) is 0 Å². The number of aromatic nitrogens is 3. The van der Waals surface area contributed by atoms with E-state index in [1.54, 1.807) is 24.5 Å². The smallest absolute Gasteiger partial charge is 0.260 e. The van der Waals surface area contributed by atoms with Crippen LogP contribution in [0.1, 0.15) is 35.3 Å². The second-order valence-corrected chi connectivity index (χ2v) is 6.96. The average molecular weight is 356 g/mol. The molecule has 1 amide bonds. The van der Waals surface area contributed by atoms with Gasteiger partial charge in [0.25, 0.3) is 5.91 Å². The van der Waals surface area contributed by atoms with Gasteiger partial charge in [0, 0.05) is 25.5 Å². The summed E-state index contributed by atoms with van der Waals surface area (Å²) in [5, 5.41) is 4.37. The van der Waals surface area contributed by atoms with Gasteiger partial charge in [-0.25, -0.2) is 4.98 Å². The lowest BCUT2D eigenvalue weighted by molar-refractivity contribution is 0.0368. The highest BCUT2D eigenvalue weighted by atomic mass is 16.5. The molecule has 1 atom stereocenters. The molecule has 1 unspecified atom stereocenters. The molecule has 26 heavy (non-hydrogen) atoms. The zero-order valence-corrected chi connectivity index (χ0v) is 15.0. The molecule has 2 aromatic rings. The molecule has 0 N–H and O–H groups in total. The Morgan fingerprint density at radius 2 is 2.12 bits per heavy atom. The number of fused-ring (bicyclic) bond motifs is 1. The van der Waals surface area contributed by atoms with Crippen LogP contribution in [0.4, 0.5) is 0 Å².